The molecule has 0 radical (unpaired) electrons. The molecule has 1 N–H and O–H groups in total. The Morgan fingerprint density at radius 1 is 1.42 bits per heavy atom. The number of anilines is 1. The van der Waals surface area contributed by atoms with Crippen molar-refractivity contribution in [1.29, 1.82) is 0 Å². The Hall–Kier alpha value is -1.55. The Kier molecular flexibility index (Phi) is 2.97. The maximum absolute atomic E-state index is 12.7. The summed E-state index contributed by atoms with van der Waals surface area (Å²) in [5.41, 5.74) is 2.10. The topological polar surface area (TPSA) is 41.6 Å². The highest BCUT2D eigenvalue weighted by Crippen LogP contribution is 2.28. The minimum absolute atomic E-state index is 0.130. The van der Waals surface area contributed by atoms with Crippen molar-refractivity contribution in [2.45, 2.75) is 31.8 Å². The van der Waals surface area contributed by atoms with Gasteiger partial charge in [-0.05, 0) is 25.5 Å². The number of nitrogens with zero attached hydrogens (tertiary/aromatic N) is 1. The predicted molar refractivity (Wildman–Crippen MR) is 74.2 cm³/mol. The highest BCUT2D eigenvalue weighted by atomic mass is 16.5. The third-order valence-corrected chi connectivity index (χ3v) is 3.98. The van der Waals surface area contributed by atoms with Crippen LogP contribution in [0.4, 0.5) is 5.69 Å². The van der Waals surface area contributed by atoms with E-state index in [4.69, 9.17) is 4.74 Å². The van der Waals surface area contributed by atoms with Crippen LogP contribution < -0.4 is 5.32 Å². The first-order chi connectivity index (χ1) is 9.08. The van der Waals surface area contributed by atoms with Crippen LogP contribution in [0.15, 0.2) is 24.3 Å². The lowest BCUT2D eigenvalue weighted by Crippen LogP contribution is -2.58. The quantitative estimate of drug-likeness (QED) is 0.835. The Bertz CT molecular complexity index is 474. The van der Waals surface area contributed by atoms with E-state index >= 15 is 0 Å². The first-order valence-corrected chi connectivity index (χ1v) is 6.81. The van der Waals surface area contributed by atoms with E-state index in [2.05, 4.69) is 25.2 Å². The number of carbonyl (C=O) groups is 1. The molecular formula is C15H20N2O2. The van der Waals surface area contributed by atoms with Crippen LogP contribution in [0.1, 0.15) is 19.4 Å². The van der Waals surface area contributed by atoms with E-state index in [0.29, 0.717) is 19.8 Å². The van der Waals surface area contributed by atoms with Crippen LogP contribution in [0.2, 0.25) is 0 Å². The van der Waals surface area contributed by atoms with Crippen molar-refractivity contribution in [2.24, 2.45) is 0 Å². The lowest BCUT2D eigenvalue weighted by atomic mass is 10.00. The SMILES string of the molecule is CC1(C)COCCN1C(=O)[C@@H]1Cc2ccccc2N1. The van der Waals surface area contributed by atoms with Gasteiger partial charge in [-0.15, -0.1) is 0 Å². The molecule has 0 aliphatic carbocycles. The lowest BCUT2D eigenvalue weighted by Gasteiger charge is -2.43. The predicted octanol–water partition coefficient (Wildman–Crippen LogP) is 1.66. The number of hydrogen-bond acceptors (Lipinski definition) is 3. The van der Waals surface area contributed by atoms with Gasteiger partial charge in [-0.2, -0.15) is 0 Å². The third kappa shape index (κ3) is 2.21. The highest BCUT2D eigenvalue weighted by molar-refractivity contribution is 5.88. The van der Waals surface area contributed by atoms with Crippen molar-refractivity contribution < 1.29 is 9.53 Å². The van der Waals surface area contributed by atoms with E-state index in [1.165, 1.54) is 5.56 Å². The zero-order valence-electron chi connectivity index (χ0n) is 11.5. The second-order valence-corrected chi connectivity index (χ2v) is 5.91. The molecule has 0 aromatic heterocycles. The van der Waals surface area contributed by atoms with Crippen molar-refractivity contribution in [3.63, 3.8) is 0 Å². The molecule has 2 aliphatic heterocycles. The van der Waals surface area contributed by atoms with Crippen LogP contribution in [0.3, 0.4) is 0 Å². The van der Waals surface area contributed by atoms with Gasteiger partial charge in [0.05, 0.1) is 18.8 Å². The second kappa shape index (κ2) is 4.53. The fourth-order valence-corrected chi connectivity index (χ4v) is 2.90. The number of nitrogens with one attached hydrogen (secondary N) is 1. The lowest BCUT2D eigenvalue weighted by molar-refractivity contribution is -0.147. The number of rotatable bonds is 1. The third-order valence-electron chi connectivity index (χ3n) is 3.98. The fraction of sp³-hybridized carbons (Fsp3) is 0.533. The van der Waals surface area contributed by atoms with Gasteiger partial charge in [0.2, 0.25) is 5.91 Å². The van der Waals surface area contributed by atoms with Crippen molar-refractivity contribution in [1.82, 2.24) is 4.90 Å². The van der Waals surface area contributed by atoms with Gasteiger partial charge in [-0.25, -0.2) is 0 Å². The molecule has 0 unspecified atom stereocenters. The molecule has 3 rings (SSSR count). The minimum Gasteiger partial charge on any atom is -0.377 e. The van der Waals surface area contributed by atoms with E-state index < -0.39 is 0 Å². The Labute approximate surface area is 113 Å². The number of amides is 1. The first kappa shape index (κ1) is 12.5. The van der Waals surface area contributed by atoms with Crippen molar-refractivity contribution in [2.75, 3.05) is 25.1 Å². The molecule has 0 bridgehead atoms. The number of fused-ring (bicyclic) bond motifs is 1. The summed E-state index contributed by atoms with van der Waals surface area (Å²) >= 11 is 0. The average Bonchev–Trinajstić information content (AvgIpc) is 2.81. The highest BCUT2D eigenvalue weighted by Gasteiger charge is 2.38. The molecule has 4 nitrogen and oxygen atoms in total. The van der Waals surface area contributed by atoms with Gasteiger partial charge in [0.25, 0.3) is 0 Å². The summed E-state index contributed by atoms with van der Waals surface area (Å²) in [7, 11) is 0. The zero-order chi connectivity index (χ0) is 13.5. The monoisotopic (exact) mass is 260 g/mol. The van der Waals surface area contributed by atoms with Gasteiger partial charge < -0.3 is 15.0 Å². The minimum atomic E-state index is -0.216. The molecule has 4 heteroatoms. The zero-order valence-corrected chi connectivity index (χ0v) is 11.5. The van der Waals surface area contributed by atoms with Crippen molar-refractivity contribution in [3.8, 4) is 0 Å². The summed E-state index contributed by atoms with van der Waals surface area (Å²) in [6, 6.07) is 8.01. The van der Waals surface area contributed by atoms with E-state index in [-0.39, 0.29) is 17.5 Å². The van der Waals surface area contributed by atoms with Crippen LogP contribution in [0.25, 0.3) is 0 Å². The Morgan fingerprint density at radius 2 is 2.21 bits per heavy atom. The molecule has 1 aromatic rings. The summed E-state index contributed by atoms with van der Waals surface area (Å²) in [5, 5.41) is 3.34. The molecule has 1 aromatic carbocycles. The van der Waals surface area contributed by atoms with E-state index in [1.54, 1.807) is 0 Å². The molecule has 1 atom stereocenters. The molecule has 1 saturated heterocycles. The number of morpholine rings is 1. The van der Waals surface area contributed by atoms with Crippen LogP contribution in [-0.4, -0.2) is 42.1 Å². The van der Waals surface area contributed by atoms with Crippen LogP contribution in [0, 0.1) is 0 Å². The maximum atomic E-state index is 12.7. The summed E-state index contributed by atoms with van der Waals surface area (Å²) in [4.78, 5) is 14.7. The summed E-state index contributed by atoms with van der Waals surface area (Å²) in [5.74, 6) is 0.185. The molecule has 0 spiro atoms. The summed E-state index contributed by atoms with van der Waals surface area (Å²) in [6.45, 7) is 6.05. The van der Waals surface area contributed by atoms with E-state index in [1.807, 2.05) is 23.1 Å². The largest absolute Gasteiger partial charge is 0.377 e. The van der Waals surface area contributed by atoms with Crippen LogP contribution in [0.5, 0.6) is 0 Å². The van der Waals surface area contributed by atoms with Gasteiger partial charge in [-0.1, -0.05) is 18.2 Å². The number of ether oxygens (including phenoxy) is 1. The van der Waals surface area contributed by atoms with Crippen LogP contribution >= 0.6 is 0 Å². The molecule has 2 aliphatic rings. The molecule has 0 saturated carbocycles. The van der Waals surface area contributed by atoms with E-state index in [0.717, 1.165) is 12.1 Å². The van der Waals surface area contributed by atoms with Crippen molar-refractivity contribution >= 4 is 11.6 Å². The Morgan fingerprint density at radius 3 is 2.95 bits per heavy atom. The van der Waals surface area contributed by atoms with Crippen LogP contribution in [-0.2, 0) is 16.0 Å². The normalized spacial score (nSPS) is 24.7. The molecule has 102 valence electrons. The Balaban J connectivity index is 1.76. The van der Waals surface area contributed by atoms with Gasteiger partial charge >= 0.3 is 0 Å². The molecule has 1 amide bonds. The number of para-hydroxylation sites is 1. The van der Waals surface area contributed by atoms with Gasteiger partial charge in [0.15, 0.2) is 0 Å². The number of carbonyl (C=O) groups excluding carboxylic acids is 1. The maximum Gasteiger partial charge on any atom is 0.246 e. The van der Waals surface area contributed by atoms with E-state index in [9.17, 15) is 4.79 Å². The molecule has 1 fully saturated rings. The second-order valence-electron chi connectivity index (χ2n) is 5.91. The summed E-state index contributed by atoms with van der Waals surface area (Å²) in [6.07, 6.45) is 0.780. The number of hydrogen-bond donors (Lipinski definition) is 1. The van der Waals surface area contributed by atoms with Crippen molar-refractivity contribution in [3.05, 3.63) is 29.8 Å². The number of benzene rings is 1. The molecule has 2 heterocycles. The first-order valence-electron chi connectivity index (χ1n) is 6.81. The summed E-state index contributed by atoms with van der Waals surface area (Å²) < 4.78 is 5.48. The standard InChI is InChI=1S/C15H20N2O2/c1-15(2)10-19-8-7-17(15)14(18)13-9-11-5-3-4-6-12(11)16-13/h3-6,13,16H,7-10H2,1-2H3/t13-/m0/s1. The average molecular weight is 260 g/mol. The fourth-order valence-electron chi connectivity index (χ4n) is 2.90. The molecular weight excluding hydrogens is 240 g/mol. The van der Waals surface area contributed by atoms with Gasteiger partial charge in [0, 0.05) is 18.7 Å². The van der Waals surface area contributed by atoms with Gasteiger partial charge in [-0.3, -0.25) is 4.79 Å². The smallest absolute Gasteiger partial charge is 0.246 e. The van der Waals surface area contributed by atoms with Gasteiger partial charge in [0.1, 0.15) is 6.04 Å². The molecule has 19 heavy (non-hydrogen) atoms.